The minimum atomic E-state index is -0.237. The molecule has 4 aromatic rings. The zero-order valence-electron chi connectivity index (χ0n) is 13.4. The third-order valence-corrected chi connectivity index (χ3v) is 5.20. The fourth-order valence-electron chi connectivity index (χ4n) is 2.76. The molecule has 1 aromatic carbocycles. The molecule has 0 bridgehead atoms. The van der Waals surface area contributed by atoms with Crippen LogP contribution in [-0.4, -0.2) is 15.3 Å². The molecule has 0 saturated carbocycles. The van der Waals surface area contributed by atoms with Gasteiger partial charge in [-0.05, 0) is 41.8 Å². The summed E-state index contributed by atoms with van der Waals surface area (Å²) in [5.74, 6) is 0.0854. The molecule has 3 aromatic heterocycles. The Morgan fingerprint density at radius 3 is 2.65 bits per heavy atom. The van der Waals surface area contributed by atoms with Crippen LogP contribution in [0.4, 0.5) is 0 Å². The van der Waals surface area contributed by atoms with E-state index in [9.17, 15) is 4.79 Å². The number of pyridine rings is 1. The maximum absolute atomic E-state index is 12.7. The molecular weight excluding hydrogens is 389 g/mol. The normalized spacial score (nSPS) is 11.0. The van der Waals surface area contributed by atoms with Gasteiger partial charge < -0.3 is 5.32 Å². The van der Waals surface area contributed by atoms with Crippen molar-refractivity contribution in [3.05, 3.63) is 80.9 Å². The number of nitrogens with zero attached hydrogens (tertiary/aromatic N) is 2. The highest BCUT2D eigenvalue weighted by atomic mass is 35.5. The van der Waals surface area contributed by atoms with E-state index >= 15 is 0 Å². The first kappa shape index (κ1) is 17.1. The standard InChI is InChI=1S/C19H13Cl2N3OS/c20-13-8-12(9-14(21)10-13)17-16-5-1-2-6-24(16)18(23-17)19(25)22-11-15-4-3-7-26-15/h1-10H,11H2,(H,22,25). The molecule has 0 radical (unpaired) electrons. The highest BCUT2D eigenvalue weighted by Crippen LogP contribution is 2.30. The number of carbonyl (C=O) groups is 1. The van der Waals surface area contributed by atoms with Crippen molar-refractivity contribution in [2.45, 2.75) is 6.54 Å². The number of aromatic nitrogens is 2. The van der Waals surface area contributed by atoms with E-state index in [1.807, 2.05) is 41.9 Å². The predicted molar refractivity (Wildman–Crippen MR) is 106 cm³/mol. The summed E-state index contributed by atoms with van der Waals surface area (Å²) >= 11 is 13.9. The summed E-state index contributed by atoms with van der Waals surface area (Å²) in [4.78, 5) is 18.4. The lowest BCUT2D eigenvalue weighted by Gasteiger charge is -2.02. The van der Waals surface area contributed by atoms with Crippen molar-refractivity contribution >= 4 is 46.0 Å². The van der Waals surface area contributed by atoms with Crippen LogP contribution in [0.2, 0.25) is 10.0 Å². The maximum Gasteiger partial charge on any atom is 0.287 e. The highest BCUT2D eigenvalue weighted by molar-refractivity contribution is 7.09. The number of fused-ring (bicyclic) bond motifs is 1. The second kappa shape index (κ2) is 7.11. The molecule has 130 valence electrons. The molecule has 3 heterocycles. The van der Waals surface area contributed by atoms with E-state index in [2.05, 4.69) is 10.3 Å². The third-order valence-electron chi connectivity index (χ3n) is 3.89. The summed E-state index contributed by atoms with van der Waals surface area (Å²) in [5, 5.41) is 5.94. The number of imidazole rings is 1. The van der Waals surface area contributed by atoms with Crippen LogP contribution in [0.1, 0.15) is 15.5 Å². The van der Waals surface area contributed by atoms with E-state index in [-0.39, 0.29) is 5.91 Å². The maximum atomic E-state index is 12.7. The average molecular weight is 402 g/mol. The quantitative estimate of drug-likeness (QED) is 0.504. The number of hydrogen-bond acceptors (Lipinski definition) is 3. The third kappa shape index (κ3) is 3.33. The van der Waals surface area contributed by atoms with E-state index in [1.165, 1.54) is 0 Å². The van der Waals surface area contributed by atoms with Gasteiger partial charge in [-0.1, -0.05) is 35.3 Å². The number of hydrogen-bond donors (Lipinski definition) is 1. The molecule has 4 rings (SSSR count). The van der Waals surface area contributed by atoms with Gasteiger partial charge in [0.25, 0.3) is 5.91 Å². The van der Waals surface area contributed by atoms with Gasteiger partial charge in [0.1, 0.15) is 0 Å². The van der Waals surface area contributed by atoms with Crippen LogP contribution in [-0.2, 0) is 6.54 Å². The Kier molecular flexibility index (Phi) is 4.68. The van der Waals surface area contributed by atoms with Gasteiger partial charge in [-0.25, -0.2) is 4.98 Å². The SMILES string of the molecule is O=C(NCc1cccs1)c1nc(-c2cc(Cl)cc(Cl)c2)c2ccccn12. The van der Waals surface area contributed by atoms with Crippen LogP contribution >= 0.6 is 34.5 Å². The molecule has 4 nitrogen and oxygen atoms in total. The topological polar surface area (TPSA) is 46.4 Å². The lowest BCUT2D eigenvalue weighted by atomic mass is 10.1. The second-order valence-corrected chi connectivity index (χ2v) is 7.57. The summed E-state index contributed by atoms with van der Waals surface area (Å²) in [6.45, 7) is 0.469. The summed E-state index contributed by atoms with van der Waals surface area (Å²) in [6, 6.07) is 14.9. The van der Waals surface area contributed by atoms with Crippen molar-refractivity contribution in [2.24, 2.45) is 0 Å². The number of rotatable bonds is 4. The van der Waals surface area contributed by atoms with Gasteiger partial charge in [0.15, 0.2) is 0 Å². The second-order valence-electron chi connectivity index (χ2n) is 5.66. The van der Waals surface area contributed by atoms with Crippen molar-refractivity contribution in [3.63, 3.8) is 0 Å². The highest BCUT2D eigenvalue weighted by Gasteiger charge is 2.18. The number of benzene rings is 1. The van der Waals surface area contributed by atoms with E-state index in [0.717, 1.165) is 16.0 Å². The fraction of sp³-hybridized carbons (Fsp3) is 0.0526. The van der Waals surface area contributed by atoms with E-state index in [0.29, 0.717) is 28.1 Å². The Labute approximate surface area is 164 Å². The molecule has 0 saturated heterocycles. The zero-order valence-corrected chi connectivity index (χ0v) is 15.8. The molecule has 26 heavy (non-hydrogen) atoms. The van der Waals surface area contributed by atoms with Crippen molar-refractivity contribution in [3.8, 4) is 11.3 Å². The number of thiophene rings is 1. The van der Waals surface area contributed by atoms with Crippen molar-refractivity contribution < 1.29 is 4.79 Å². The zero-order chi connectivity index (χ0) is 18.1. The lowest BCUT2D eigenvalue weighted by molar-refractivity contribution is 0.0940. The van der Waals surface area contributed by atoms with Crippen molar-refractivity contribution in [1.29, 1.82) is 0 Å². The first-order valence-corrected chi connectivity index (χ1v) is 9.49. The molecule has 0 fully saturated rings. The Morgan fingerprint density at radius 2 is 1.92 bits per heavy atom. The monoisotopic (exact) mass is 401 g/mol. The summed E-state index contributed by atoms with van der Waals surface area (Å²) in [5.41, 5.74) is 2.24. The Hall–Kier alpha value is -2.34. The summed E-state index contributed by atoms with van der Waals surface area (Å²) < 4.78 is 1.77. The van der Waals surface area contributed by atoms with Crippen LogP contribution < -0.4 is 5.32 Å². The molecule has 0 aliphatic heterocycles. The van der Waals surface area contributed by atoms with Gasteiger partial charge in [0, 0.05) is 26.7 Å². The van der Waals surface area contributed by atoms with Crippen LogP contribution in [0.25, 0.3) is 16.8 Å². The van der Waals surface area contributed by atoms with Gasteiger partial charge in [-0.15, -0.1) is 11.3 Å². The first-order chi connectivity index (χ1) is 12.6. The molecule has 0 aliphatic rings. The van der Waals surface area contributed by atoms with E-state index in [4.69, 9.17) is 23.2 Å². The summed E-state index contributed by atoms with van der Waals surface area (Å²) in [7, 11) is 0. The van der Waals surface area contributed by atoms with Gasteiger partial charge in [0.05, 0.1) is 17.8 Å². The van der Waals surface area contributed by atoms with Gasteiger partial charge in [0.2, 0.25) is 5.82 Å². The molecule has 0 aliphatic carbocycles. The number of carbonyl (C=O) groups excluding carboxylic acids is 1. The Balaban J connectivity index is 1.75. The fourth-order valence-corrected chi connectivity index (χ4v) is 3.93. The van der Waals surface area contributed by atoms with Gasteiger partial charge >= 0.3 is 0 Å². The molecule has 1 N–H and O–H groups in total. The van der Waals surface area contributed by atoms with Crippen molar-refractivity contribution in [2.75, 3.05) is 0 Å². The Bertz CT molecular complexity index is 1070. The molecule has 0 spiro atoms. The van der Waals surface area contributed by atoms with Crippen molar-refractivity contribution in [1.82, 2.24) is 14.7 Å². The van der Waals surface area contributed by atoms with Crippen LogP contribution in [0, 0.1) is 0 Å². The minimum Gasteiger partial charge on any atom is -0.344 e. The predicted octanol–water partition coefficient (Wildman–Crippen LogP) is 5.30. The number of nitrogens with one attached hydrogen (secondary N) is 1. The summed E-state index contributed by atoms with van der Waals surface area (Å²) in [6.07, 6.45) is 1.82. The first-order valence-electron chi connectivity index (χ1n) is 7.86. The van der Waals surface area contributed by atoms with Crippen LogP contribution in [0.3, 0.4) is 0 Å². The number of halogens is 2. The molecule has 0 atom stereocenters. The number of amides is 1. The Morgan fingerprint density at radius 1 is 1.12 bits per heavy atom. The van der Waals surface area contributed by atoms with E-state index < -0.39 is 0 Å². The van der Waals surface area contributed by atoms with Crippen LogP contribution in [0.15, 0.2) is 60.1 Å². The van der Waals surface area contributed by atoms with Gasteiger partial charge in [-0.3, -0.25) is 9.20 Å². The largest absolute Gasteiger partial charge is 0.344 e. The molecular formula is C19H13Cl2N3OS. The molecule has 0 unspecified atom stereocenters. The molecule has 1 amide bonds. The molecule has 7 heteroatoms. The van der Waals surface area contributed by atoms with E-state index in [1.54, 1.807) is 33.9 Å². The van der Waals surface area contributed by atoms with Crippen LogP contribution in [0.5, 0.6) is 0 Å². The minimum absolute atomic E-state index is 0.237. The smallest absolute Gasteiger partial charge is 0.287 e. The van der Waals surface area contributed by atoms with Gasteiger partial charge in [-0.2, -0.15) is 0 Å². The lowest BCUT2D eigenvalue weighted by Crippen LogP contribution is -2.24. The average Bonchev–Trinajstić information content (AvgIpc) is 3.26.